The smallest absolute Gasteiger partial charge is 0.329 e. The summed E-state index contributed by atoms with van der Waals surface area (Å²) in [4.78, 5) is 29.6. The number of nitrogens with two attached hydrogens (primary N) is 1. The van der Waals surface area contributed by atoms with E-state index >= 15 is 0 Å². The van der Waals surface area contributed by atoms with Crippen LogP contribution in [-0.4, -0.2) is 23.0 Å². The van der Waals surface area contributed by atoms with Crippen LogP contribution in [0.15, 0.2) is 30.3 Å². The van der Waals surface area contributed by atoms with Gasteiger partial charge in [0.2, 0.25) is 5.88 Å². The zero-order valence-electron chi connectivity index (χ0n) is 15.9. The van der Waals surface area contributed by atoms with E-state index in [9.17, 15) is 14.9 Å². The number of nitrogen functional groups attached to an aromatic ring is 1. The van der Waals surface area contributed by atoms with Crippen molar-refractivity contribution in [2.75, 3.05) is 10.6 Å². The first-order valence-corrected chi connectivity index (χ1v) is 8.98. The molecule has 1 aromatic carbocycles. The summed E-state index contributed by atoms with van der Waals surface area (Å²) in [5, 5.41) is 11.8. The number of nitrogens with zero attached hydrogens (tertiary/aromatic N) is 3. The van der Waals surface area contributed by atoms with Crippen LogP contribution in [0.25, 0.3) is 0 Å². The van der Waals surface area contributed by atoms with Crippen molar-refractivity contribution in [2.24, 2.45) is 0 Å². The highest BCUT2D eigenvalue weighted by atomic mass is 16.5. The van der Waals surface area contributed by atoms with Crippen LogP contribution in [0.4, 0.5) is 16.3 Å². The Morgan fingerprint density at radius 2 is 2.07 bits per heavy atom. The zero-order chi connectivity index (χ0) is 20.4. The lowest BCUT2D eigenvalue weighted by Crippen LogP contribution is -2.32. The summed E-state index contributed by atoms with van der Waals surface area (Å²) in [5.74, 6) is 0.548. The van der Waals surface area contributed by atoms with Crippen LogP contribution in [0, 0.1) is 11.3 Å². The molecule has 0 spiro atoms. The van der Waals surface area contributed by atoms with Gasteiger partial charge in [-0.25, -0.2) is 9.69 Å². The van der Waals surface area contributed by atoms with Crippen LogP contribution < -0.4 is 20.7 Å². The molecule has 0 radical (unpaired) electrons. The van der Waals surface area contributed by atoms with Gasteiger partial charge in [0.15, 0.2) is 5.82 Å². The molecule has 8 nitrogen and oxygen atoms in total. The molecule has 1 aliphatic heterocycles. The van der Waals surface area contributed by atoms with Crippen molar-refractivity contribution in [3.05, 3.63) is 41.5 Å². The third-order valence-corrected chi connectivity index (χ3v) is 4.53. The number of aromatic nitrogens is 1. The molecule has 1 saturated heterocycles. The van der Waals surface area contributed by atoms with Crippen LogP contribution in [0.1, 0.15) is 44.2 Å². The van der Waals surface area contributed by atoms with Crippen molar-refractivity contribution < 1.29 is 14.3 Å². The predicted octanol–water partition coefficient (Wildman–Crippen LogP) is 3.29. The van der Waals surface area contributed by atoms with Crippen LogP contribution in [0.5, 0.6) is 11.6 Å². The maximum absolute atomic E-state index is 12.3. The van der Waals surface area contributed by atoms with Gasteiger partial charge in [-0.3, -0.25) is 4.79 Å². The fourth-order valence-corrected chi connectivity index (χ4v) is 3.04. The Morgan fingerprint density at radius 3 is 2.64 bits per heavy atom. The third-order valence-electron chi connectivity index (χ3n) is 4.53. The predicted molar refractivity (Wildman–Crippen MR) is 104 cm³/mol. The standard InChI is InChI=1S/C20H21N5O3/c1-4-15-19(26)25(20(27)23-15)16-7-8-17(24-18(16)22)28-13-6-5-12(10-21)14(9-13)11(2)3/h5-9,11,15H,4H2,1-3H3,(H2,22,24)(H,23,27). The fourth-order valence-electron chi connectivity index (χ4n) is 3.04. The lowest BCUT2D eigenvalue weighted by molar-refractivity contribution is -0.118. The molecule has 1 fully saturated rings. The molecule has 0 aliphatic carbocycles. The maximum atomic E-state index is 12.3. The molecule has 0 saturated carbocycles. The number of benzene rings is 1. The summed E-state index contributed by atoms with van der Waals surface area (Å²) in [6.07, 6.45) is 0.493. The SMILES string of the molecule is CCC1NC(=O)N(c2ccc(Oc3ccc(C#N)c(C(C)C)c3)nc2N)C1=O. The van der Waals surface area contributed by atoms with Gasteiger partial charge in [0.05, 0.1) is 17.3 Å². The van der Waals surface area contributed by atoms with Gasteiger partial charge in [-0.2, -0.15) is 10.2 Å². The number of carbonyl (C=O) groups is 2. The Hall–Kier alpha value is -3.60. The molecule has 8 heteroatoms. The highest BCUT2D eigenvalue weighted by Gasteiger charge is 2.39. The Bertz CT molecular complexity index is 980. The molecular formula is C20H21N5O3. The van der Waals surface area contributed by atoms with Gasteiger partial charge in [0.25, 0.3) is 5.91 Å². The minimum absolute atomic E-state index is 0.00970. The quantitative estimate of drug-likeness (QED) is 0.769. The zero-order valence-corrected chi connectivity index (χ0v) is 15.9. The second-order valence-electron chi connectivity index (χ2n) is 6.76. The number of pyridine rings is 1. The van der Waals surface area contributed by atoms with Gasteiger partial charge in [0.1, 0.15) is 11.8 Å². The van der Waals surface area contributed by atoms with Crippen LogP contribution in [0.2, 0.25) is 0 Å². The molecule has 3 N–H and O–H groups in total. The average Bonchev–Trinajstić information content (AvgIpc) is 2.95. The third kappa shape index (κ3) is 3.47. The van der Waals surface area contributed by atoms with Crippen LogP contribution >= 0.6 is 0 Å². The van der Waals surface area contributed by atoms with Gasteiger partial charge in [0, 0.05) is 6.07 Å². The molecule has 1 aromatic heterocycles. The fraction of sp³-hybridized carbons (Fsp3) is 0.300. The first kappa shape index (κ1) is 19.2. The van der Waals surface area contributed by atoms with Crippen molar-refractivity contribution >= 4 is 23.4 Å². The van der Waals surface area contributed by atoms with E-state index in [1.807, 2.05) is 20.8 Å². The molecule has 1 unspecified atom stereocenters. The Balaban J connectivity index is 1.86. The van der Waals surface area contributed by atoms with E-state index in [1.165, 1.54) is 6.07 Å². The van der Waals surface area contributed by atoms with Gasteiger partial charge in [-0.1, -0.05) is 20.8 Å². The van der Waals surface area contributed by atoms with Crippen molar-refractivity contribution in [1.82, 2.24) is 10.3 Å². The first-order chi connectivity index (χ1) is 13.3. The summed E-state index contributed by atoms with van der Waals surface area (Å²) < 4.78 is 5.76. The minimum Gasteiger partial charge on any atom is -0.439 e. The van der Waals surface area contributed by atoms with Crippen molar-refractivity contribution in [3.63, 3.8) is 0 Å². The number of nitriles is 1. The van der Waals surface area contributed by atoms with E-state index in [1.54, 1.807) is 24.3 Å². The Labute approximate surface area is 162 Å². The number of imide groups is 1. The number of urea groups is 1. The topological polar surface area (TPSA) is 121 Å². The van der Waals surface area contributed by atoms with Crippen molar-refractivity contribution in [1.29, 1.82) is 5.26 Å². The molecule has 1 aliphatic rings. The molecule has 2 heterocycles. The van der Waals surface area contributed by atoms with Gasteiger partial charge < -0.3 is 15.8 Å². The summed E-state index contributed by atoms with van der Waals surface area (Å²) >= 11 is 0. The van der Waals surface area contributed by atoms with Gasteiger partial charge in [-0.05, 0) is 42.2 Å². The van der Waals surface area contributed by atoms with E-state index in [0.29, 0.717) is 17.7 Å². The number of carbonyl (C=O) groups excluding carboxylic acids is 2. The van der Waals surface area contributed by atoms with Crippen LogP contribution in [-0.2, 0) is 4.79 Å². The van der Waals surface area contributed by atoms with Gasteiger partial charge in [-0.15, -0.1) is 0 Å². The minimum atomic E-state index is -0.559. The van der Waals surface area contributed by atoms with E-state index in [-0.39, 0.29) is 29.2 Å². The van der Waals surface area contributed by atoms with Crippen molar-refractivity contribution in [3.8, 4) is 17.7 Å². The normalized spacial score (nSPS) is 16.2. The van der Waals surface area contributed by atoms with Gasteiger partial charge >= 0.3 is 6.03 Å². The molecule has 28 heavy (non-hydrogen) atoms. The average molecular weight is 379 g/mol. The lowest BCUT2D eigenvalue weighted by Gasteiger charge is -2.16. The van der Waals surface area contributed by atoms with E-state index in [4.69, 9.17) is 10.5 Å². The summed E-state index contributed by atoms with van der Waals surface area (Å²) in [5.41, 5.74) is 7.66. The largest absolute Gasteiger partial charge is 0.439 e. The highest BCUT2D eigenvalue weighted by molar-refractivity contribution is 6.22. The second kappa shape index (κ2) is 7.56. The van der Waals surface area contributed by atoms with Crippen LogP contribution in [0.3, 0.4) is 0 Å². The molecular weight excluding hydrogens is 358 g/mol. The molecule has 2 aromatic rings. The molecule has 3 amide bonds. The lowest BCUT2D eigenvalue weighted by atomic mass is 9.98. The number of ether oxygens (including phenoxy) is 1. The number of anilines is 2. The summed E-state index contributed by atoms with van der Waals surface area (Å²) in [6, 6.07) is 9.32. The number of rotatable bonds is 5. The van der Waals surface area contributed by atoms with E-state index in [0.717, 1.165) is 10.5 Å². The second-order valence-corrected chi connectivity index (χ2v) is 6.76. The highest BCUT2D eigenvalue weighted by Crippen LogP contribution is 2.31. The molecule has 1 atom stereocenters. The number of nitrogens with one attached hydrogen (secondary N) is 1. The Morgan fingerprint density at radius 1 is 1.32 bits per heavy atom. The maximum Gasteiger partial charge on any atom is 0.329 e. The molecule has 0 bridgehead atoms. The number of hydrogen-bond acceptors (Lipinski definition) is 6. The molecule has 144 valence electrons. The first-order valence-electron chi connectivity index (χ1n) is 8.98. The van der Waals surface area contributed by atoms with E-state index in [2.05, 4.69) is 16.4 Å². The van der Waals surface area contributed by atoms with Crippen molar-refractivity contribution in [2.45, 2.75) is 39.2 Å². The molecule has 3 rings (SSSR count). The summed E-state index contributed by atoms with van der Waals surface area (Å²) in [7, 11) is 0. The number of hydrogen-bond donors (Lipinski definition) is 2. The van der Waals surface area contributed by atoms with E-state index < -0.39 is 12.1 Å². The number of amides is 3. The monoisotopic (exact) mass is 379 g/mol. The Kier molecular flexibility index (Phi) is 5.18. The summed E-state index contributed by atoms with van der Waals surface area (Å²) in [6.45, 7) is 5.80.